The Labute approximate surface area is 108 Å². The Hall–Kier alpha value is -1.39. The van der Waals surface area contributed by atoms with Crippen molar-refractivity contribution >= 4 is 5.91 Å². The molecular formula is C14H21N3O. The number of nitrogens with zero attached hydrogens (tertiary/aromatic N) is 2. The fraction of sp³-hybridized carbons (Fsp3) is 0.500. The Morgan fingerprint density at radius 3 is 2.78 bits per heavy atom. The van der Waals surface area contributed by atoms with Gasteiger partial charge in [-0.15, -0.1) is 0 Å². The maximum atomic E-state index is 12.1. The highest BCUT2D eigenvalue weighted by Crippen LogP contribution is 2.08. The summed E-state index contributed by atoms with van der Waals surface area (Å²) in [6.45, 7) is 2.92. The number of hydrogen-bond donors (Lipinski definition) is 1. The summed E-state index contributed by atoms with van der Waals surface area (Å²) in [7, 11) is 1.85. The molecule has 1 aliphatic rings. The van der Waals surface area contributed by atoms with Crippen LogP contribution in [0.5, 0.6) is 0 Å². The second-order valence-electron chi connectivity index (χ2n) is 5.02. The highest BCUT2D eigenvalue weighted by atomic mass is 16.2. The van der Waals surface area contributed by atoms with E-state index in [1.54, 1.807) is 4.90 Å². The number of benzene rings is 1. The molecule has 4 nitrogen and oxygen atoms in total. The number of rotatable bonds is 4. The molecule has 1 unspecified atom stereocenters. The van der Waals surface area contributed by atoms with E-state index in [4.69, 9.17) is 5.73 Å². The summed E-state index contributed by atoms with van der Waals surface area (Å²) in [5.74, 6) is 0.160. The van der Waals surface area contributed by atoms with Gasteiger partial charge in [-0.05, 0) is 12.0 Å². The minimum atomic E-state index is 0.160. The van der Waals surface area contributed by atoms with E-state index in [0.29, 0.717) is 13.1 Å². The van der Waals surface area contributed by atoms with Crippen LogP contribution in [-0.2, 0) is 11.3 Å². The fourth-order valence-electron chi connectivity index (χ4n) is 2.26. The molecule has 0 saturated carbocycles. The summed E-state index contributed by atoms with van der Waals surface area (Å²) in [5.41, 5.74) is 6.99. The van der Waals surface area contributed by atoms with E-state index >= 15 is 0 Å². The van der Waals surface area contributed by atoms with Crippen molar-refractivity contribution in [2.45, 2.75) is 19.0 Å². The third-order valence-electron chi connectivity index (χ3n) is 3.36. The largest absolute Gasteiger partial charge is 0.340 e. The third-order valence-corrected chi connectivity index (χ3v) is 3.36. The molecule has 0 aliphatic carbocycles. The van der Waals surface area contributed by atoms with E-state index in [1.165, 1.54) is 0 Å². The van der Waals surface area contributed by atoms with E-state index < -0.39 is 0 Å². The lowest BCUT2D eigenvalue weighted by Crippen LogP contribution is -2.38. The number of carbonyl (C=O) groups excluding carboxylic acids is 1. The van der Waals surface area contributed by atoms with Crippen molar-refractivity contribution in [3.8, 4) is 0 Å². The maximum absolute atomic E-state index is 12.1. The van der Waals surface area contributed by atoms with Gasteiger partial charge in [-0.2, -0.15) is 0 Å². The van der Waals surface area contributed by atoms with E-state index in [2.05, 4.69) is 4.90 Å². The normalized spacial score (nSPS) is 20.0. The average molecular weight is 247 g/mol. The van der Waals surface area contributed by atoms with Crippen molar-refractivity contribution < 1.29 is 4.79 Å². The SMILES string of the molecule is CN(Cc1ccccc1)C(=O)CN1CCC(N)C1. The van der Waals surface area contributed by atoms with Gasteiger partial charge in [0.15, 0.2) is 0 Å². The summed E-state index contributed by atoms with van der Waals surface area (Å²) in [6.07, 6.45) is 0.996. The van der Waals surface area contributed by atoms with Crippen LogP contribution in [0.3, 0.4) is 0 Å². The van der Waals surface area contributed by atoms with Crippen molar-refractivity contribution in [3.05, 3.63) is 35.9 Å². The quantitative estimate of drug-likeness (QED) is 0.851. The van der Waals surface area contributed by atoms with Crippen molar-refractivity contribution in [2.24, 2.45) is 5.73 Å². The second-order valence-corrected chi connectivity index (χ2v) is 5.02. The number of likely N-dealkylation sites (N-methyl/N-ethyl adjacent to an activating group) is 1. The Balaban J connectivity index is 1.82. The maximum Gasteiger partial charge on any atom is 0.236 e. The van der Waals surface area contributed by atoms with E-state index in [0.717, 1.165) is 25.1 Å². The average Bonchev–Trinajstić information content (AvgIpc) is 2.76. The molecule has 1 atom stereocenters. The summed E-state index contributed by atoms with van der Waals surface area (Å²) >= 11 is 0. The summed E-state index contributed by atoms with van der Waals surface area (Å²) < 4.78 is 0. The van der Waals surface area contributed by atoms with Crippen LogP contribution in [0.2, 0.25) is 0 Å². The highest BCUT2D eigenvalue weighted by Gasteiger charge is 2.22. The van der Waals surface area contributed by atoms with Gasteiger partial charge in [0.05, 0.1) is 6.54 Å². The smallest absolute Gasteiger partial charge is 0.236 e. The lowest BCUT2D eigenvalue weighted by atomic mass is 10.2. The minimum Gasteiger partial charge on any atom is -0.340 e. The van der Waals surface area contributed by atoms with Gasteiger partial charge < -0.3 is 10.6 Å². The molecule has 1 aliphatic heterocycles. The molecule has 0 radical (unpaired) electrons. The van der Waals surface area contributed by atoms with Gasteiger partial charge in [0.1, 0.15) is 0 Å². The van der Waals surface area contributed by atoms with Gasteiger partial charge in [-0.3, -0.25) is 9.69 Å². The van der Waals surface area contributed by atoms with Crippen molar-refractivity contribution in [2.75, 3.05) is 26.7 Å². The first-order chi connectivity index (χ1) is 8.65. The lowest BCUT2D eigenvalue weighted by molar-refractivity contribution is -0.131. The van der Waals surface area contributed by atoms with Crippen LogP contribution in [0.4, 0.5) is 0 Å². The summed E-state index contributed by atoms with van der Waals surface area (Å²) in [5, 5.41) is 0. The Morgan fingerprint density at radius 2 is 2.17 bits per heavy atom. The van der Waals surface area contributed by atoms with Crippen molar-refractivity contribution in [1.82, 2.24) is 9.80 Å². The predicted octanol–water partition coefficient (Wildman–Crippen LogP) is 0.678. The van der Waals surface area contributed by atoms with Gasteiger partial charge in [0, 0.05) is 32.7 Å². The first-order valence-electron chi connectivity index (χ1n) is 6.41. The van der Waals surface area contributed by atoms with Gasteiger partial charge in [-0.1, -0.05) is 30.3 Å². The molecule has 0 spiro atoms. The Morgan fingerprint density at radius 1 is 1.44 bits per heavy atom. The molecule has 1 aromatic rings. The van der Waals surface area contributed by atoms with Gasteiger partial charge in [0.2, 0.25) is 5.91 Å². The van der Waals surface area contributed by atoms with Crippen LogP contribution in [0.15, 0.2) is 30.3 Å². The number of hydrogen-bond acceptors (Lipinski definition) is 3. The molecular weight excluding hydrogens is 226 g/mol. The zero-order chi connectivity index (χ0) is 13.0. The molecule has 1 saturated heterocycles. The van der Waals surface area contributed by atoms with Crippen molar-refractivity contribution in [3.63, 3.8) is 0 Å². The minimum absolute atomic E-state index is 0.160. The number of carbonyl (C=O) groups is 1. The zero-order valence-corrected chi connectivity index (χ0v) is 10.9. The molecule has 1 amide bonds. The molecule has 1 fully saturated rings. The molecule has 0 aromatic heterocycles. The van der Waals surface area contributed by atoms with Crippen LogP contribution < -0.4 is 5.73 Å². The molecule has 0 bridgehead atoms. The summed E-state index contributed by atoms with van der Waals surface area (Å²) in [4.78, 5) is 16.0. The fourth-order valence-corrected chi connectivity index (χ4v) is 2.26. The lowest BCUT2D eigenvalue weighted by Gasteiger charge is -2.21. The standard InChI is InChI=1S/C14H21N3O/c1-16(9-12-5-3-2-4-6-12)14(18)11-17-8-7-13(15)10-17/h2-6,13H,7-11,15H2,1H3. The number of amides is 1. The zero-order valence-electron chi connectivity index (χ0n) is 10.9. The molecule has 1 aromatic carbocycles. The molecule has 2 rings (SSSR count). The molecule has 4 heteroatoms. The monoisotopic (exact) mass is 247 g/mol. The predicted molar refractivity (Wildman–Crippen MR) is 71.9 cm³/mol. The van der Waals surface area contributed by atoms with Crippen LogP contribution in [0.25, 0.3) is 0 Å². The van der Waals surface area contributed by atoms with Crippen LogP contribution in [0, 0.1) is 0 Å². The number of nitrogens with two attached hydrogens (primary N) is 1. The number of likely N-dealkylation sites (tertiary alicyclic amines) is 1. The van der Waals surface area contributed by atoms with E-state index in [-0.39, 0.29) is 11.9 Å². The van der Waals surface area contributed by atoms with Gasteiger partial charge in [0.25, 0.3) is 0 Å². The molecule has 18 heavy (non-hydrogen) atoms. The van der Waals surface area contributed by atoms with Crippen LogP contribution >= 0.6 is 0 Å². The first-order valence-corrected chi connectivity index (χ1v) is 6.41. The van der Waals surface area contributed by atoms with E-state index in [9.17, 15) is 4.79 Å². The van der Waals surface area contributed by atoms with Gasteiger partial charge in [-0.25, -0.2) is 0 Å². The Bertz CT molecular complexity index is 393. The Kier molecular flexibility index (Phi) is 4.33. The highest BCUT2D eigenvalue weighted by molar-refractivity contribution is 5.78. The first kappa shape index (κ1) is 13.1. The second kappa shape index (κ2) is 5.98. The van der Waals surface area contributed by atoms with Crippen LogP contribution in [-0.4, -0.2) is 48.4 Å². The van der Waals surface area contributed by atoms with E-state index in [1.807, 2.05) is 37.4 Å². The van der Waals surface area contributed by atoms with Crippen molar-refractivity contribution in [1.29, 1.82) is 0 Å². The molecule has 2 N–H and O–H groups in total. The third kappa shape index (κ3) is 3.55. The molecule has 1 heterocycles. The topological polar surface area (TPSA) is 49.6 Å². The van der Waals surface area contributed by atoms with Gasteiger partial charge >= 0.3 is 0 Å². The van der Waals surface area contributed by atoms with Crippen LogP contribution in [0.1, 0.15) is 12.0 Å². The molecule has 98 valence electrons. The summed E-state index contributed by atoms with van der Waals surface area (Å²) in [6, 6.07) is 10.3.